The van der Waals surface area contributed by atoms with Gasteiger partial charge in [-0.2, -0.15) is 0 Å². The number of nitrogens with zero attached hydrogens (tertiary/aromatic N) is 3. The Morgan fingerprint density at radius 2 is 2.00 bits per heavy atom. The van der Waals surface area contributed by atoms with E-state index in [1.807, 2.05) is 30.3 Å². The summed E-state index contributed by atoms with van der Waals surface area (Å²) in [6.45, 7) is 0.306. The van der Waals surface area contributed by atoms with E-state index in [9.17, 15) is 0 Å². The average molecular weight is 199 g/mol. The molecule has 1 aromatic rings. The van der Waals surface area contributed by atoms with Gasteiger partial charge in [-0.3, -0.25) is 0 Å². The summed E-state index contributed by atoms with van der Waals surface area (Å²) >= 11 is 0. The molecule has 0 aliphatic rings. The lowest BCUT2D eigenvalue weighted by Crippen LogP contribution is -2.12. The number of rotatable bonds is 3. The van der Waals surface area contributed by atoms with Gasteiger partial charge in [0.25, 0.3) is 0 Å². The molecule has 0 aliphatic heterocycles. The molecule has 13 heavy (non-hydrogen) atoms. The van der Waals surface area contributed by atoms with E-state index in [0.717, 1.165) is 5.56 Å². The zero-order valence-corrected chi connectivity index (χ0v) is 7.81. The van der Waals surface area contributed by atoms with Gasteiger partial charge in [-0.25, -0.2) is 0 Å². The molecule has 0 radical (unpaired) electrons. The summed E-state index contributed by atoms with van der Waals surface area (Å²) < 4.78 is 0. The van der Waals surface area contributed by atoms with Gasteiger partial charge in [0, 0.05) is 17.5 Å². The molecule has 1 atom stereocenters. The Balaban J connectivity index is 0.00000144. The SMILES string of the molecule is Cl.[N-]=[N+]=NCC(N)c1ccccc1. The molecule has 5 heteroatoms. The Labute approximate surface area is 82.8 Å². The smallest absolute Gasteiger partial charge is 0.0451 e. The summed E-state index contributed by atoms with van der Waals surface area (Å²) in [5.74, 6) is 0. The number of halogens is 1. The number of hydrogen-bond donors (Lipinski definition) is 1. The van der Waals surface area contributed by atoms with Crippen molar-refractivity contribution in [2.24, 2.45) is 10.8 Å². The van der Waals surface area contributed by atoms with Gasteiger partial charge in [0.2, 0.25) is 0 Å². The fraction of sp³-hybridized carbons (Fsp3) is 0.250. The Morgan fingerprint density at radius 3 is 2.54 bits per heavy atom. The second-order valence-electron chi connectivity index (χ2n) is 2.43. The van der Waals surface area contributed by atoms with Crippen LogP contribution >= 0.6 is 12.4 Å². The van der Waals surface area contributed by atoms with Gasteiger partial charge in [-0.1, -0.05) is 35.4 Å². The minimum atomic E-state index is -0.193. The zero-order valence-electron chi connectivity index (χ0n) is 7.00. The summed E-state index contributed by atoms with van der Waals surface area (Å²) in [5, 5.41) is 3.40. The Hall–Kier alpha value is -1.22. The van der Waals surface area contributed by atoms with E-state index in [0.29, 0.717) is 6.54 Å². The van der Waals surface area contributed by atoms with Crippen LogP contribution in [0.3, 0.4) is 0 Å². The van der Waals surface area contributed by atoms with Crippen LogP contribution in [0.1, 0.15) is 11.6 Å². The molecule has 0 aromatic heterocycles. The zero-order chi connectivity index (χ0) is 8.81. The molecule has 0 bridgehead atoms. The van der Waals surface area contributed by atoms with Gasteiger partial charge >= 0.3 is 0 Å². The largest absolute Gasteiger partial charge is 0.324 e. The van der Waals surface area contributed by atoms with Crippen molar-refractivity contribution in [3.05, 3.63) is 46.3 Å². The number of benzene rings is 1. The molecule has 0 fully saturated rings. The van der Waals surface area contributed by atoms with Crippen LogP contribution in [0.4, 0.5) is 0 Å². The Kier molecular flexibility index (Phi) is 5.72. The number of nitrogens with two attached hydrogens (primary N) is 1. The van der Waals surface area contributed by atoms with Crippen molar-refractivity contribution in [1.29, 1.82) is 0 Å². The summed E-state index contributed by atoms with van der Waals surface area (Å²) in [4.78, 5) is 2.65. The Morgan fingerprint density at radius 1 is 1.38 bits per heavy atom. The highest BCUT2D eigenvalue weighted by Gasteiger charge is 2.01. The second-order valence-corrected chi connectivity index (χ2v) is 2.43. The summed E-state index contributed by atoms with van der Waals surface area (Å²) in [6, 6.07) is 9.37. The molecule has 0 spiro atoms. The third-order valence-corrected chi connectivity index (χ3v) is 1.57. The first kappa shape index (κ1) is 11.8. The predicted molar refractivity (Wildman–Crippen MR) is 54.6 cm³/mol. The molecular formula is C8H11ClN4. The summed E-state index contributed by atoms with van der Waals surface area (Å²) in [7, 11) is 0. The lowest BCUT2D eigenvalue weighted by Gasteiger charge is -2.06. The first-order valence-corrected chi connectivity index (χ1v) is 3.66. The maximum atomic E-state index is 8.06. The summed E-state index contributed by atoms with van der Waals surface area (Å²) in [6.07, 6.45) is 0. The van der Waals surface area contributed by atoms with Gasteiger partial charge in [0.1, 0.15) is 0 Å². The van der Waals surface area contributed by atoms with E-state index in [2.05, 4.69) is 10.0 Å². The molecule has 70 valence electrons. The molecule has 0 aliphatic carbocycles. The van der Waals surface area contributed by atoms with E-state index in [-0.39, 0.29) is 18.4 Å². The Bertz CT molecular complexity index is 281. The van der Waals surface area contributed by atoms with E-state index in [4.69, 9.17) is 11.3 Å². The molecule has 0 saturated heterocycles. The highest BCUT2D eigenvalue weighted by Crippen LogP contribution is 2.08. The van der Waals surface area contributed by atoms with Crippen LogP contribution in [-0.2, 0) is 0 Å². The third-order valence-electron chi connectivity index (χ3n) is 1.57. The van der Waals surface area contributed by atoms with Crippen LogP contribution in [0.15, 0.2) is 35.4 Å². The number of azide groups is 1. The fourth-order valence-electron chi connectivity index (χ4n) is 0.930. The normalized spacial score (nSPS) is 10.8. The molecule has 0 heterocycles. The van der Waals surface area contributed by atoms with Crippen molar-refractivity contribution in [2.75, 3.05) is 6.54 Å². The van der Waals surface area contributed by atoms with E-state index < -0.39 is 0 Å². The van der Waals surface area contributed by atoms with Crippen molar-refractivity contribution in [3.63, 3.8) is 0 Å². The van der Waals surface area contributed by atoms with Crippen LogP contribution in [0.25, 0.3) is 10.4 Å². The summed E-state index contributed by atoms with van der Waals surface area (Å²) in [5.41, 5.74) is 14.8. The van der Waals surface area contributed by atoms with Crippen LogP contribution in [0, 0.1) is 0 Å². The van der Waals surface area contributed by atoms with Crippen LogP contribution in [0.2, 0.25) is 0 Å². The quantitative estimate of drug-likeness (QED) is 0.452. The maximum absolute atomic E-state index is 8.06. The van der Waals surface area contributed by atoms with Crippen LogP contribution < -0.4 is 5.73 Å². The van der Waals surface area contributed by atoms with Gasteiger partial charge in [-0.15, -0.1) is 12.4 Å². The van der Waals surface area contributed by atoms with Crippen molar-refractivity contribution in [1.82, 2.24) is 0 Å². The van der Waals surface area contributed by atoms with Gasteiger partial charge in [0.05, 0.1) is 0 Å². The minimum absolute atomic E-state index is 0. The molecule has 1 rings (SSSR count). The van der Waals surface area contributed by atoms with E-state index in [1.165, 1.54) is 0 Å². The second kappa shape index (κ2) is 6.31. The average Bonchev–Trinajstić information content (AvgIpc) is 2.15. The van der Waals surface area contributed by atoms with Gasteiger partial charge in [0.15, 0.2) is 0 Å². The monoisotopic (exact) mass is 198 g/mol. The van der Waals surface area contributed by atoms with E-state index >= 15 is 0 Å². The molecule has 1 unspecified atom stereocenters. The fourth-order valence-corrected chi connectivity index (χ4v) is 0.930. The standard InChI is InChI=1S/C8H10N4.ClH/c9-8(6-11-12-10)7-4-2-1-3-5-7;/h1-5,8H,6,9H2;1H. The van der Waals surface area contributed by atoms with Crippen molar-refractivity contribution >= 4 is 12.4 Å². The lowest BCUT2D eigenvalue weighted by atomic mass is 10.1. The van der Waals surface area contributed by atoms with Gasteiger partial charge in [-0.05, 0) is 11.1 Å². The minimum Gasteiger partial charge on any atom is -0.324 e. The molecule has 2 N–H and O–H groups in total. The number of hydrogen-bond acceptors (Lipinski definition) is 2. The molecule has 4 nitrogen and oxygen atoms in total. The van der Waals surface area contributed by atoms with Crippen LogP contribution in [0.5, 0.6) is 0 Å². The maximum Gasteiger partial charge on any atom is 0.0451 e. The first-order chi connectivity index (χ1) is 5.84. The molecule has 0 saturated carbocycles. The van der Waals surface area contributed by atoms with Crippen LogP contribution in [-0.4, -0.2) is 6.54 Å². The van der Waals surface area contributed by atoms with Crippen molar-refractivity contribution in [2.45, 2.75) is 6.04 Å². The highest BCUT2D eigenvalue weighted by atomic mass is 35.5. The van der Waals surface area contributed by atoms with E-state index in [1.54, 1.807) is 0 Å². The predicted octanol–water partition coefficient (Wildman–Crippen LogP) is 2.42. The highest BCUT2D eigenvalue weighted by molar-refractivity contribution is 5.85. The topological polar surface area (TPSA) is 74.8 Å². The van der Waals surface area contributed by atoms with Gasteiger partial charge < -0.3 is 5.73 Å². The molecular weight excluding hydrogens is 188 g/mol. The lowest BCUT2D eigenvalue weighted by molar-refractivity contribution is 0.733. The van der Waals surface area contributed by atoms with Crippen molar-refractivity contribution < 1.29 is 0 Å². The van der Waals surface area contributed by atoms with Crippen molar-refractivity contribution in [3.8, 4) is 0 Å². The third kappa shape index (κ3) is 3.80. The molecule has 0 amide bonds. The first-order valence-electron chi connectivity index (χ1n) is 3.66. The molecule has 1 aromatic carbocycles.